The van der Waals surface area contributed by atoms with E-state index in [2.05, 4.69) is 6.92 Å². The molecule has 1 rings (SSSR count). The van der Waals surface area contributed by atoms with Crippen molar-refractivity contribution in [3.05, 3.63) is 0 Å². The first-order valence-corrected chi connectivity index (χ1v) is 5.24. The normalized spacial score (nSPS) is 30.2. The van der Waals surface area contributed by atoms with E-state index in [1.165, 1.54) is 25.7 Å². The van der Waals surface area contributed by atoms with Crippen molar-refractivity contribution in [2.75, 3.05) is 0 Å². The van der Waals surface area contributed by atoms with Crippen LogP contribution in [-0.4, -0.2) is 5.24 Å². The summed E-state index contributed by atoms with van der Waals surface area (Å²) in [5.74, 6) is 1.66. The second kappa shape index (κ2) is 4.86. The van der Waals surface area contributed by atoms with Crippen LogP contribution < -0.4 is 0 Å². The van der Waals surface area contributed by atoms with Gasteiger partial charge in [-0.05, 0) is 29.9 Å². The fraction of sp³-hybridized carbons (Fsp3) is 0.900. The second-order valence-corrected chi connectivity index (χ2v) is 4.44. The molecule has 0 aromatic heterocycles. The lowest BCUT2D eigenvalue weighted by Gasteiger charge is -2.25. The number of rotatable bonds is 3. The minimum atomic E-state index is -0.173. The summed E-state index contributed by atoms with van der Waals surface area (Å²) in [7, 11) is 0. The second-order valence-electron chi connectivity index (χ2n) is 4.02. The Morgan fingerprint density at radius 3 is 2.42 bits per heavy atom. The van der Waals surface area contributed by atoms with E-state index in [0.717, 1.165) is 18.3 Å². The highest BCUT2D eigenvalue weighted by molar-refractivity contribution is 6.63. The lowest BCUT2D eigenvalue weighted by Crippen LogP contribution is -2.12. The summed E-state index contributed by atoms with van der Waals surface area (Å²) in [4.78, 5) is 10.5. The Labute approximate surface area is 79.5 Å². The van der Waals surface area contributed by atoms with Gasteiger partial charge in [0.05, 0.1) is 0 Å². The van der Waals surface area contributed by atoms with Crippen LogP contribution in [0.4, 0.5) is 0 Å². The Balaban J connectivity index is 2.13. The number of hydrogen-bond donors (Lipinski definition) is 0. The van der Waals surface area contributed by atoms with Gasteiger partial charge in [-0.15, -0.1) is 0 Å². The zero-order valence-corrected chi connectivity index (χ0v) is 8.44. The molecular formula is C10H17ClO. The number of carbonyl (C=O) groups excluding carboxylic acids is 1. The zero-order chi connectivity index (χ0) is 8.97. The molecule has 0 unspecified atom stereocenters. The van der Waals surface area contributed by atoms with Gasteiger partial charge >= 0.3 is 0 Å². The molecule has 1 fully saturated rings. The maximum atomic E-state index is 10.5. The van der Waals surface area contributed by atoms with Crippen molar-refractivity contribution < 1.29 is 4.79 Å². The molecule has 0 aliphatic heterocycles. The van der Waals surface area contributed by atoms with Crippen molar-refractivity contribution in [1.29, 1.82) is 0 Å². The van der Waals surface area contributed by atoms with E-state index in [1.807, 2.05) is 0 Å². The number of halogens is 1. The Kier molecular flexibility index (Phi) is 4.07. The van der Waals surface area contributed by atoms with E-state index in [0.29, 0.717) is 6.42 Å². The molecule has 0 bridgehead atoms. The van der Waals surface area contributed by atoms with Crippen molar-refractivity contribution in [2.45, 2.75) is 45.4 Å². The van der Waals surface area contributed by atoms with Gasteiger partial charge in [0.25, 0.3) is 0 Å². The SMILES string of the molecule is CC1CCC(CCC(=O)Cl)CC1. The highest BCUT2D eigenvalue weighted by atomic mass is 35.5. The van der Waals surface area contributed by atoms with Gasteiger partial charge in [0.15, 0.2) is 0 Å². The summed E-state index contributed by atoms with van der Waals surface area (Å²) in [6, 6.07) is 0. The predicted molar refractivity (Wildman–Crippen MR) is 51.2 cm³/mol. The molecule has 0 amide bonds. The Morgan fingerprint density at radius 1 is 1.33 bits per heavy atom. The van der Waals surface area contributed by atoms with E-state index in [4.69, 9.17) is 11.6 Å². The van der Waals surface area contributed by atoms with Gasteiger partial charge in [-0.3, -0.25) is 4.79 Å². The van der Waals surface area contributed by atoms with Crippen LogP contribution in [0.2, 0.25) is 0 Å². The summed E-state index contributed by atoms with van der Waals surface area (Å²) >= 11 is 5.29. The molecule has 0 aromatic rings. The van der Waals surface area contributed by atoms with E-state index >= 15 is 0 Å². The smallest absolute Gasteiger partial charge is 0.221 e. The summed E-state index contributed by atoms with van der Waals surface area (Å²) in [6.07, 6.45) is 6.84. The summed E-state index contributed by atoms with van der Waals surface area (Å²) < 4.78 is 0. The Bertz CT molecular complexity index is 148. The third-order valence-corrected chi connectivity index (χ3v) is 3.07. The molecule has 2 heteroatoms. The molecule has 1 aliphatic carbocycles. The predicted octanol–water partition coefficient (Wildman–Crippen LogP) is 3.36. The topological polar surface area (TPSA) is 17.1 Å². The first kappa shape index (κ1) is 10.0. The van der Waals surface area contributed by atoms with Crippen LogP contribution in [0.15, 0.2) is 0 Å². The first-order valence-electron chi connectivity index (χ1n) is 4.87. The van der Waals surface area contributed by atoms with E-state index in [9.17, 15) is 4.79 Å². The van der Waals surface area contributed by atoms with Crippen LogP contribution in [0.1, 0.15) is 45.4 Å². The monoisotopic (exact) mass is 188 g/mol. The summed E-state index contributed by atoms with van der Waals surface area (Å²) in [5.41, 5.74) is 0. The Morgan fingerprint density at radius 2 is 1.92 bits per heavy atom. The van der Waals surface area contributed by atoms with Gasteiger partial charge in [0.1, 0.15) is 0 Å². The van der Waals surface area contributed by atoms with Crippen molar-refractivity contribution >= 4 is 16.8 Å². The molecule has 1 aliphatic rings. The standard InChI is InChI=1S/C10H17ClO/c1-8-2-4-9(5-3-8)6-7-10(11)12/h8-9H,2-7H2,1H3. The number of hydrogen-bond acceptors (Lipinski definition) is 1. The maximum Gasteiger partial charge on any atom is 0.221 e. The van der Waals surface area contributed by atoms with Crippen LogP contribution >= 0.6 is 11.6 Å². The van der Waals surface area contributed by atoms with E-state index < -0.39 is 0 Å². The number of carbonyl (C=O) groups is 1. The molecule has 1 saturated carbocycles. The molecule has 0 radical (unpaired) electrons. The lowest BCUT2D eigenvalue weighted by atomic mass is 9.81. The van der Waals surface area contributed by atoms with Crippen LogP contribution in [0.25, 0.3) is 0 Å². The van der Waals surface area contributed by atoms with Gasteiger partial charge in [-0.25, -0.2) is 0 Å². The van der Waals surface area contributed by atoms with Gasteiger partial charge in [-0.2, -0.15) is 0 Å². The van der Waals surface area contributed by atoms with E-state index in [1.54, 1.807) is 0 Å². The molecule has 0 spiro atoms. The summed E-state index contributed by atoms with van der Waals surface area (Å²) in [6.45, 7) is 2.31. The van der Waals surface area contributed by atoms with Crippen LogP contribution in [0, 0.1) is 11.8 Å². The largest absolute Gasteiger partial charge is 0.281 e. The quantitative estimate of drug-likeness (QED) is 0.621. The van der Waals surface area contributed by atoms with Crippen LogP contribution in [-0.2, 0) is 4.79 Å². The van der Waals surface area contributed by atoms with E-state index in [-0.39, 0.29) is 5.24 Å². The fourth-order valence-corrected chi connectivity index (χ4v) is 2.04. The van der Waals surface area contributed by atoms with Gasteiger partial charge in [0, 0.05) is 6.42 Å². The molecule has 0 aromatic carbocycles. The van der Waals surface area contributed by atoms with Crippen LogP contribution in [0.3, 0.4) is 0 Å². The van der Waals surface area contributed by atoms with Crippen molar-refractivity contribution in [1.82, 2.24) is 0 Å². The summed E-state index contributed by atoms with van der Waals surface area (Å²) in [5, 5.41) is -0.173. The van der Waals surface area contributed by atoms with Crippen molar-refractivity contribution in [3.63, 3.8) is 0 Å². The molecule has 1 nitrogen and oxygen atoms in total. The third-order valence-electron chi connectivity index (χ3n) is 2.88. The highest BCUT2D eigenvalue weighted by Crippen LogP contribution is 2.31. The molecule has 0 atom stereocenters. The van der Waals surface area contributed by atoms with Crippen molar-refractivity contribution in [3.8, 4) is 0 Å². The average Bonchev–Trinajstić information content (AvgIpc) is 2.03. The minimum Gasteiger partial charge on any atom is -0.281 e. The molecule has 12 heavy (non-hydrogen) atoms. The molecule has 0 saturated heterocycles. The first-order chi connectivity index (χ1) is 5.68. The molecule has 70 valence electrons. The minimum absolute atomic E-state index is 0.173. The van der Waals surface area contributed by atoms with Gasteiger partial charge < -0.3 is 0 Å². The van der Waals surface area contributed by atoms with Crippen molar-refractivity contribution in [2.24, 2.45) is 11.8 Å². The fourth-order valence-electron chi connectivity index (χ4n) is 1.94. The van der Waals surface area contributed by atoms with Crippen LogP contribution in [0.5, 0.6) is 0 Å². The molecule has 0 heterocycles. The highest BCUT2D eigenvalue weighted by Gasteiger charge is 2.18. The van der Waals surface area contributed by atoms with Gasteiger partial charge in [0.2, 0.25) is 5.24 Å². The lowest BCUT2D eigenvalue weighted by molar-refractivity contribution is -0.112. The molecular weight excluding hydrogens is 172 g/mol. The maximum absolute atomic E-state index is 10.5. The van der Waals surface area contributed by atoms with Gasteiger partial charge in [-0.1, -0.05) is 32.6 Å². The average molecular weight is 189 g/mol. The Hall–Kier alpha value is -0.0400. The zero-order valence-electron chi connectivity index (χ0n) is 7.68. The third kappa shape index (κ3) is 3.57. The molecule has 0 N–H and O–H groups in total.